The lowest BCUT2D eigenvalue weighted by Gasteiger charge is -2.20. The Morgan fingerprint density at radius 2 is 0.926 bits per heavy atom. The number of rotatable bonds is 1. The summed E-state index contributed by atoms with van der Waals surface area (Å²) in [5, 5.41) is 13.1. The van der Waals surface area contributed by atoms with Crippen LogP contribution in [-0.2, 0) is 0 Å². The molecule has 252 valence electrons. The summed E-state index contributed by atoms with van der Waals surface area (Å²) in [6, 6.07) is 55.2. The van der Waals surface area contributed by atoms with Crippen molar-refractivity contribution >= 4 is 92.6 Å². The molecule has 0 spiro atoms. The zero-order valence-electron chi connectivity index (χ0n) is 32.3. The molecule has 12 rings (SSSR count). The maximum atomic E-state index is 9.05. The summed E-state index contributed by atoms with van der Waals surface area (Å²) < 4.78 is 35.8. The van der Waals surface area contributed by atoms with E-state index in [4.69, 9.17) is 13.5 Å². The monoisotopic (exact) mass is 691 g/mol. The number of fused-ring (bicyclic) bond motifs is 15. The van der Waals surface area contributed by atoms with Crippen molar-refractivity contribution in [1.29, 1.82) is 0 Å². The molecule has 2 aliphatic rings. The predicted molar refractivity (Wildman–Crippen MR) is 228 cm³/mol. The van der Waals surface area contributed by atoms with E-state index < -0.39 is 6.85 Å². The fourth-order valence-corrected chi connectivity index (χ4v) is 9.33. The Morgan fingerprint density at radius 3 is 1.52 bits per heavy atom. The average Bonchev–Trinajstić information content (AvgIpc) is 3.77. The Morgan fingerprint density at radius 1 is 0.444 bits per heavy atom. The molecule has 0 bridgehead atoms. The number of hydrogen-bond acceptors (Lipinski definition) is 2. The normalized spacial score (nSPS) is 13.3. The fourth-order valence-electron chi connectivity index (χ4n) is 9.33. The van der Waals surface area contributed by atoms with E-state index in [1.807, 2.05) is 47.7 Å². The first-order valence-corrected chi connectivity index (χ1v) is 18.4. The number of imidazole rings is 1. The number of benzene rings is 8. The minimum Gasteiger partial charge on any atom is -0.422 e. The van der Waals surface area contributed by atoms with Crippen LogP contribution in [0.4, 0.5) is 0 Å². The van der Waals surface area contributed by atoms with Crippen LogP contribution in [0, 0.1) is 13.8 Å². The van der Waals surface area contributed by atoms with E-state index in [1.165, 1.54) is 21.7 Å². The third kappa shape index (κ3) is 3.88. The van der Waals surface area contributed by atoms with Gasteiger partial charge in [-0.1, -0.05) is 133 Å². The molecule has 0 radical (unpaired) electrons. The lowest BCUT2D eigenvalue weighted by molar-refractivity contribution is 0.644. The molecule has 0 saturated carbocycles. The van der Waals surface area contributed by atoms with Gasteiger partial charge < -0.3 is 4.42 Å². The molecule has 2 aromatic heterocycles. The zero-order chi connectivity index (χ0) is 38.2. The largest absolute Gasteiger partial charge is 0.422 e. The molecule has 3 heteroatoms. The van der Waals surface area contributed by atoms with Crippen molar-refractivity contribution in [3.63, 3.8) is 0 Å². The number of hydrogen-bond donors (Lipinski definition) is 0. The number of para-hydroxylation sites is 2. The molecule has 0 saturated heterocycles. The van der Waals surface area contributed by atoms with Gasteiger partial charge in [-0.15, -0.1) is 0 Å². The van der Waals surface area contributed by atoms with Gasteiger partial charge in [-0.2, -0.15) is 4.98 Å². The van der Waals surface area contributed by atoms with Crippen LogP contribution in [0.5, 0.6) is 0 Å². The number of nitrogens with zero attached hydrogens (tertiary/aromatic N) is 2. The third-order valence-corrected chi connectivity index (χ3v) is 11.6. The first kappa shape index (κ1) is 26.8. The van der Waals surface area contributed by atoms with Gasteiger partial charge in [-0.3, -0.25) is 4.40 Å². The van der Waals surface area contributed by atoms with Crippen molar-refractivity contribution in [2.24, 2.45) is 0 Å². The molecule has 0 amide bonds. The second-order valence-corrected chi connectivity index (χ2v) is 14.5. The molecule has 3 nitrogen and oxygen atoms in total. The number of aryl methyl sites for hydroxylation is 2. The van der Waals surface area contributed by atoms with Crippen LogP contribution >= 0.6 is 0 Å². The molecule has 8 aromatic carbocycles. The van der Waals surface area contributed by atoms with Gasteiger partial charge in [-0.25, -0.2) is 0 Å². The van der Waals surface area contributed by atoms with Crippen LogP contribution in [0.2, 0.25) is 0 Å². The van der Waals surface area contributed by atoms with Crippen molar-refractivity contribution in [1.82, 2.24) is 9.38 Å². The van der Waals surface area contributed by atoms with E-state index in [0.29, 0.717) is 17.0 Å². The first-order chi connectivity index (χ1) is 27.8. The standard InChI is InChI=1S/C51H32N2O/c1-29-25-26-46-50(54-51-52-44-23-9-10-24-45(44)53(46)51)47(29)41-28-43-40-22-12-21-38-34-16-6-4-14-32(34)31-13-3-5-15-33(31)37-19-11-20-39(48(37)49(38)40)35-17-7-8-18-36(35)42(43)27-30(41)2/h3-28H,1-2H3/i2D3. The van der Waals surface area contributed by atoms with Crippen molar-refractivity contribution in [2.45, 2.75) is 13.8 Å². The molecular weight excluding hydrogens is 657 g/mol. The number of aromatic nitrogens is 2. The quantitative estimate of drug-likeness (QED) is 0.172. The van der Waals surface area contributed by atoms with Gasteiger partial charge in [-0.05, 0) is 130 Å². The van der Waals surface area contributed by atoms with E-state index in [9.17, 15) is 0 Å². The third-order valence-electron chi connectivity index (χ3n) is 11.6. The van der Waals surface area contributed by atoms with Crippen LogP contribution in [-0.4, -0.2) is 9.38 Å². The van der Waals surface area contributed by atoms with E-state index >= 15 is 0 Å². The van der Waals surface area contributed by atoms with E-state index in [0.717, 1.165) is 81.7 Å². The maximum Gasteiger partial charge on any atom is 0.307 e. The molecule has 0 aliphatic heterocycles. The van der Waals surface area contributed by atoms with Crippen molar-refractivity contribution < 1.29 is 8.53 Å². The highest BCUT2D eigenvalue weighted by molar-refractivity contribution is 6.32. The smallest absolute Gasteiger partial charge is 0.307 e. The van der Waals surface area contributed by atoms with Gasteiger partial charge in [0.2, 0.25) is 0 Å². The second kappa shape index (κ2) is 10.8. The Kier molecular flexibility index (Phi) is 5.34. The predicted octanol–water partition coefficient (Wildman–Crippen LogP) is 14.1. The Bertz CT molecular complexity index is 3700. The minimum atomic E-state index is -2.44. The highest BCUT2D eigenvalue weighted by atomic mass is 16.4. The van der Waals surface area contributed by atoms with Crippen LogP contribution in [0.15, 0.2) is 162 Å². The molecule has 54 heavy (non-hydrogen) atoms. The maximum absolute atomic E-state index is 9.05. The van der Waals surface area contributed by atoms with Crippen molar-refractivity contribution in [3.8, 4) is 22.3 Å². The van der Waals surface area contributed by atoms with Gasteiger partial charge in [0, 0.05) is 9.68 Å². The summed E-state index contributed by atoms with van der Waals surface area (Å²) in [5.74, 6) is 0.473. The van der Waals surface area contributed by atoms with Crippen LogP contribution in [0.25, 0.3) is 115 Å². The van der Waals surface area contributed by atoms with Gasteiger partial charge in [0.25, 0.3) is 0 Å². The van der Waals surface area contributed by atoms with E-state index in [-0.39, 0.29) is 5.56 Å². The molecule has 2 heterocycles. The van der Waals surface area contributed by atoms with Gasteiger partial charge >= 0.3 is 5.84 Å². The summed E-state index contributed by atoms with van der Waals surface area (Å²) >= 11 is 0. The van der Waals surface area contributed by atoms with Gasteiger partial charge in [0.05, 0.1) is 16.6 Å². The minimum absolute atomic E-state index is 0.276. The van der Waals surface area contributed by atoms with Crippen LogP contribution in [0.3, 0.4) is 0 Å². The Hall–Kier alpha value is -6.97. The van der Waals surface area contributed by atoms with Crippen molar-refractivity contribution in [2.75, 3.05) is 0 Å². The van der Waals surface area contributed by atoms with Crippen molar-refractivity contribution in [3.05, 3.63) is 169 Å². The summed E-state index contributed by atoms with van der Waals surface area (Å²) in [4.78, 5) is 4.82. The first-order valence-electron chi connectivity index (χ1n) is 19.9. The number of oxazole rings is 1. The second-order valence-electron chi connectivity index (χ2n) is 14.5. The summed E-state index contributed by atoms with van der Waals surface area (Å²) in [6.45, 7) is -0.405. The zero-order valence-corrected chi connectivity index (χ0v) is 29.3. The highest BCUT2D eigenvalue weighted by Gasteiger charge is 2.23. The van der Waals surface area contributed by atoms with Gasteiger partial charge in [0.15, 0.2) is 5.58 Å². The van der Waals surface area contributed by atoms with Crippen LogP contribution in [0.1, 0.15) is 15.2 Å². The molecule has 2 aliphatic carbocycles. The SMILES string of the molecule is [2H]C([2H])([2H])c1cc2c(cc1-c1c(C)ccc3c1oc1nc4ccccc4n13)c1cccc3c1-c1c(cccc1c1ccccc12)c1ccccc1c1ccccc31. The highest BCUT2D eigenvalue weighted by Crippen LogP contribution is 2.48. The molecular formula is C51H32N2O. The average molecular weight is 692 g/mol. The molecule has 0 unspecified atom stereocenters. The lowest BCUT2D eigenvalue weighted by atomic mass is 9.83. The van der Waals surface area contributed by atoms with Gasteiger partial charge in [0.1, 0.15) is 0 Å². The fraction of sp³-hybridized carbons (Fsp3) is 0.0392. The van der Waals surface area contributed by atoms with E-state index in [1.54, 1.807) is 0 Å². The Balaban J connectivity index is 1.36. The molecule has 10 aromatic rings. The molecule has 0 atom stereocenters. The topological polar surface area (TPSA) is 30.4 Å². The molecule has 0 N–H and O–H groups in total. The summed E-state index contributed by atoms with van der Waals surface area (Å²) in [7, 11) is 0. The molecule has 0 fully saturated rings. The summed E-state index contributed by atoms with van der Waals surface area (Å²) in [5.41, 5.74) is 8.10. The van der Waals surface area contributed by atoms with Crippen LogP contribution < -0.4 is 0 Å². The Labute approximate surface area is 314 Å². The lowest BCUT2D eigenvalue weighted by Crippen LogP contribution is -1.94. The summed E-state index contributed by atoms with van der Waals surface area (Å²) in [6.07, 6.45) is 0. The van der Waals surface area contributed by atoms with E-state index in [2.05, 4.69) is 121 Å².